The molecule has 2 aromatic carbocycles. The summed E-state index contributed by atoms with van der Waals surface area (Å²) in [5.74, 6) is 0. The summed E-state index contributed by atoms with van der Waals surface area (Å²) in [6, 6.07) is 20.8. The van der Waals surface area contributed by atoms with Crippen molar-refractivity contribution in [3.63, 3.8) is 0 Å². The molecule has 0 aromatic heterocycles. The fraction of sp³-hybridized carbons (Fsp3) is 0.273. The van der Waals surface area contributed by atoms with Gasteiger partial charge in [0.2, 0.25) is 0 Å². The summed E-state index contributed by atoms with van der Waals surface area (Å²) < 4.78 is 3.03. The molecule has 0 saturated heterocycles. The van der Waals surface area contributed by atoms with E-state index >= 15 is 0 Å². The molecular weight excluding hydrogens is 590 g/mol. The van der Waals surface area contributed by atoms with Gasteiger partial charge in [0.05, 0.1) is 0 Å². The van der Waals surface area contributed by atoms with E-state index in [1.54, 1.807) is 0 Å². The van der Waals surface area contributed by atoms with Gasteiger partial charge in [-0.25, -0.2) is 0 Å². The van der Waals surface area contributed by atoms with Crippen LogP contribution in [0.4, 0.5) is 0 Å². The number of hydrogen-bond acceptors (Lipinski definition) is 0. The van der Waals surface area contributed by atoms with Crippen molar-refractivity contribution in [2.45, 2.75) is 39.5 Å². The van der Waals surface area contributed by atoms with Crippen LogP contribution in [0.3, 0.4) is 0 Å². The molecule has 0 nitrogen and oxygen atoms in total. The average Bonchev–Trinajstić information content (AvgIpc) is 2.70. The second-order valence-electron chi connectivity index (χ2n) is 5.87. The van der Waals surface area contributed by atoms with Gasteiger partial charge in [0.25, 0.3) is 0 Å². The Kier molecular flexibility index (Phi) is 10.8. The van der Waals surface area contributed by atoms with Crippen LogP contribution in [0.5, 0.6) is 0 Å². The van der Waals surface area contributed by atoms with Gasteiger partial charge in [0.1, 0.15) is 0 Å². The predicted octanol–water partition coefficient (Wildman–Crippen LogP) is 7.13. The minimum absolute atomic E-state index is 0.265. The quantitative estimate of drug-likeness (QED) is 0.264. The van der Waals surface area contributed by atoms with Crippen molar-refractivity contribution < 1.29 is 0 Å². The van der Waals surface area contributed by atoms with Crippen molar-refractivity contribution in [3.05, 3.63) is 79.0 Å². The van der Waals surface area contributed by atoms with Gasteiger partial charge in [-0.3, -0.25) is 0 Å². The Hall–Kier alpha value is 0.0792. The third-order valence-corrected chi connectivity index (χ3v) is 18.4. The molecule has 0 heterocycles. The summed E-state index contributed by atoms with van der Waals surface area (Å²) in [7, 11) is 0. The first-order valence-electron chi connectivity index (χ1n) is 8.90. The Labute approximate surface area is 184 Å². The van der Waals surface area contributed by atoms with Crippen LogP contribution in [-0.2, 0) is 0 Å². The molecule has 0 saturated carbocycles. The molecule has 0 atom stereocenters. The molecule has 0 spiro atoms. The molecule has 2 rings (SSSR count). The SMILES string of the molecule is CCC/C([Te][Te]/C(CCC)=C(\Cl)c1ccccc1)=C(/Cl)c1ccccc1. The zero-order chi connectivity index (χ0) is 18.8. The standard InChI is InChI=1S/C22H24Cl2Te2/c1-3-11-19(21(23)17-13-7-5-8-14-17)25-26-20(12-4-2)22(24)18-15-9-6-10-16-18/h5-10,13-16H,3-4,11-12H2,1-2H3/b21-19-,22-20-. The number of allylic oxidation sites excluding steroid dienone is 2. The Morgan fingerprint density at radius 2 is 1.00 bits per heavy atom. The molecule has 0 aliphatic rings. The number of halogens is 2. The van der Waals surface area contributed by atoms with E-state index in [0.29, 0.717) is 0 Å². The van der Waals surface area contributed by atoms with Gasteiger partial charge in [0.15, 0.2) is 0 Å². The molecule has 0 radical (unpaired) electrons. The monoisotopic (exact) mass is 618 g/mol. The van der Waals surface area contributed by atoms with Crippen molar-refractivity contribution >= 4 is 67.4 Å². The molecule has 26 heavy (non-hydrogen) atoms. The Balaban J connectivity index is 2.25. The normalized spacial score (nSPS) is 13.2. The topological polar surface area (TPSA) is 0 Å². The predicted molar refractivity (Wildman–Crippen MR) is 120 cm³/mol. The fourth-order valence-electron chi connectivity index (χ4n) is 2.42. The maximum atomic E-state index is 6.79. The first-order valence-corrected chi connectivity index (χ1v) is 19.3. The summed E-state index contributed by atoms with van der Waals surface area (Å²) >= 11 is 13.1. The van der Waals surface area contributed by atoms with Crippen molar-refractivity contribution in [2.24, 2.45) is 0 Å². The molecule has 2 aromatic rings. The van der Waals surface area contributed by atoms with Crippen molar-refractivity contribution in [2.75, 3.05) is 0 Å². The molecule has 0 bridgehead atoms. The third kappa shape index (κ3) is 6.91. The number of rotatable bonds is 9. The van der Waals surface area contributed by atoms with Gasteiger partial charge in [-0.15, -0.1) is 0 Å². The number of benzene rings is 2. The zero-order valence-corrected chi connectivity index (χ0v) is 21.3. The Bertz CT molecular complexity index is 672. The van der Waals surface area contributed by atoms with Gasteiger partial charge in [-0.05, 0) is 0 Å². The molecule has 0 N–H and O–H groups in total. The first-order chi connectivity index (χ1) is 12.7. The van der Waals surface area contributed by atoms with Gasteiger partial charge in [-0.1, -0.05) is 0 Å². The van der Waals surface area contributed by atoms with Crippen LogP contribution >= 0.6 is 23.2 Å². The van der Waals surface area contributed by atoms with Crippen LogP contribution < -0.4 is 0 Å². The van der Waals surface area contributed by atoms with Crippen LogP contribution in [0.2, 0.25) is 0 Å². The molecule has 0 unspecified atom stereocenters. The van der Waals surface area contributed by atoms with Crippen LogP contribution in [-0.4, -0.2) is 34.1 Å². The molecule has 138 valence electrons. The van der Waals surface area contributed by atoms with Gasteiger partial charge in [0, 0.05) is 0 Å². The van der Waals surface area contributed by atoms with Gasteiger partial charge >= 0.3 is 186 Å². The van der Waals surface area contributed by atoms with Crippen LogP contribution in [0.15, 0.2) is 67.9 Å². The Morgan fingerprint density at radius 1 is 0.654 bits per heavy atom. The van der Waals surface area contributed by atoms with E-state index in [9.17, 15) is 0 Å². The van der Waals surface area contributed by atoms with E-state index in [2.05, 4.69) is 62.4 Å². The first kappa shape index (κ1) is 22.4. The van der Waals surface area contributed by atoms with Gasteiger partial charge < -0.3 is 0 Å². The van der Waals surface area contributed by atoms with Crippen molar-refractivity contribution in [3.8, 4) is 0 Å². The molecule has 4 heteroatoms. The minimum atomic E-state index is -0.265. The Morgan fingerprint density at radius 3 is 1.31 bits per heavy atom. The summed E-state index contributed by atoms with van der Waals surface area (Å²) in [5, 5.41) is 1.98. The summed E-state index contributed by atoms with van der Waals surface area (Å²) in [5.41, 5.74) is 2.32. The average molecular weight is 615 g/mol. The van der Waals surface area contributed by atoms with Crippen LogP contribution in [0.1, 0.15) is 50.7 Å². The van der Waals surface area contributed by atoms with Crippen LogP contribution in [0, 0.1) is 0 Å². The van der Waals surface area contributed by atoms with Gasteiger partial charge in [-0.2, -0.15) is 0 Å². The fourth-order valence-corrected chi connectivity index (χ4v) is 18.8. The second kappa shape index (κ2) is 12.5. The number of hydrogen-bond donors (Lipinski definition) is 0. The van der Waals surface area contributed by atoms with E-state index < -0.39 is 0 Å². The van der Waals surface area contributed by atoms with Crippen LogP contribution in [0.25, 0.3) is 10.1 Å². The maximum absolute atomic E-state index is 6.79. The van der Waals surface area contributed by atoms with E-state index in [1.165, 1.54) is 7.24 Å². The van der Waals surface area contributed by atoms with E-state index in [1.807, 2.05) is 12.1 Å². The summed E-state index contributed by atoms with van der Waals surface area (Å²) in [6.45, 7) is 4.48. The molecule has 0 aliphatic carbocycles. The second-order valence-corrected chi connectivity index (χ2v) is 16.8. The molecule has 0 fully saturated rings. The van der Waals surface area contributed by atoms with E-state index in [-0.39, 0.29) is 34.1 Å². The molecular formula is C22H24Cl2Te2. The third-order valence-electron chi connectivity index (χ3n) is 3.74. The van der Waals surface area contributed by atoms with E-state index in [4.69, 9.17) is 23.2 Å². The van der Waals surface area contributed by atoms with Crippen molar-refractivity contribution in [1.82, 2.24) is 0 Å². The summed E-state index contributed by atoms with van der Waals surface area (Å²) in [4.78, 5) is 0. The zero-order valence-electron chi connectivity index (χ0n) is 15.2. The van der Waals surface area contributed by atoms with Crippen molar-refractivity contribution in [1.29, 1.82) is 0 Å². The molecule has 0 aliphatic heterocycles. The summed E-state index contributed by atoms with van der Waals surface area (Å²) in [6.07, 6.45) is 4.52. The van der Waals surface area contributed by atoms with E-state index in [0.717, 1.165) is 46.9 Å². The molecule has 0 amide bonds.